The molecule has 142 valence electrons. The first-order chi connectivity index (χ1) is 13.9. The molecule has 5 rings (SSSR count). The molecule has 0 aliphatic carbocycles. The van der Waals surface area contributed by atoms with Gasteiger partial charge in [-0.1, -0.05) is 41.6 Å². The number of nitrogens with zero attached hydrogens (tertiary/aromatic N) is 2. The number of benzene rings is 2. The van der Waals surface area contributed by atoms with E-state index >= 15 is 0 Å². The average molecular weight is 391 g/mol. The highest BCUT2D eigenvalue weighted by molar-refractivity contribution is 7.17. The Morgan fingerprint density at radius 2 is 2.00 bits per heavy atom. The van der Waals surface area contributed by atoms with Gasteiger partial charge in [-0.3, -0.25) is 4.90 Å². The average Bonchev–Trinajstić information content (AvgIpc) is 3.35. The number of thiophene rings is 1. The maximum atomic E-state index is 6.02. The zero-order valence-electron chi connectivity index (χ0n) is 15.6. The molecule has 0 N–H and O–H groups in total. The molecule has 0 bridgehead atoms. The Hall–Kier alpha value is -2.63. The van der Waals surface area contributed by atoms with E-state index in [1.807, 2.05) is 29.6 Å². The second kappa shape index (κ2) is 7.78. The minimum absolute atomic E-state index is 0.717. The van der Waals surface area contributed by atoms with E-state index in [-0.39, 0.29) is 0 Å². The van der Waals surface area contributed by atoms with Crippen LogP contribution in [0.15, 0.2) is 64.5 Å². The molecule has 0 atom stereocenters. The molecule has 1 aliphatic rings. The maximum absolute atomic E-state index is 6.02. The van der Waals surface area contributed by atoms with Gasteiger partial charge in [0.05, 0.1) is 6.61 Å². The van der Waals surface area contributed by atoms with Gasteiger partial charge in [0.25, 0.3) is 0 Å². The largest absolute Gasteiger partial charge is 0.494 e. The van der Waals surface area contributed by atoms with Gasteiger partial charge in [-0.25, -0.2) is 0 Å². The Morgan fingerprint density at radius 1 is 1.07 bits per heavy atom. The fourth-order valence-electron chi connectivity index (χ4n) is 3.82. The molecule has 0 saturated heterocycles. The number of aromatic nitrogens is 1. The van der Waals surface area contributed by atoms with Crippen molar-refractivity contribution in [2.24, 2.45) is 0 Å². The minimum atomic E-state index is 0.717. The zero-order valence-corrected chi connectivity index (χ0v) is 16.5. The first kappa shape index (κ1) is 17.5. The van der Waals surface area contributed by atoms with Gasteiger partial charge in [0, 0.05) is 25.2 Å². The number of fused-ring (bicyclic) bond motifs is 2. The summed E-state index contributed by atoms with van der Waals surface area (Å²) in [6.45, 7) is 3.96. The predicted octanol–water partition coefficient (Wildman–Crippen LogP) is 5.38. The molecule has 0 unspecified atom stereocenters. The number of ether oxygens (including phenoxy) is 1. The van der Waals surface area contributed by atoms with Crippen molar-refractivity contribution in [3.05, 3.63) is 71.1 Å². The fourth-order valence-corrected chi connectivity index (χ4v) is 4.63. The smallest absolute Gasteiger partial charge is 0.178 e. The summed E-state index contributed by atoms with van der Waals surface area (Å²) in [6, 6.07) is 18.8. The SMILES string of the molecule is c1cc(OCCCN2CCc3ccccc3C2)cc(-c2noc3ccsc23)c1. The molecule has 2 aromatic carbocycles. The van der Waals surface area contributed by atoms with Gasteiger partial charge in [-0.2, -0.15) is 0 Å². The zero-order chi connectivity index (χ0) is 18.8. The van der Waals surface area contributed by atoms with Crippen molar-refractivity contribution in [1.82, 2.24) is 10.1 Å². The van der Waals surface area contributed by atoms with Crippen molar-refractivity contribution in [2.45, 2.75) is 19.4 Å². The van der Waals surface area contributed by atoms with Crippen LogP contribution < -0.4 is 4.74 Å². The quantitative estimate of drug-likeness (QED) is 0.414. The normalized spacial score (nSPS) is 14.3. The van der Waals surface area contributed by atoms with E-state index in [1.54, 1.807) is 11.3 Å². The van der Waals surface area contributed by atoms with Crippen LogP contribution in [0.25, 0.3) is 21.5 Å². The van der Waals surface area contributed by atoms with Crippen LogP contribution in [0, 0.1) is 0 Å². The van der Waals surface area contributed by atoms with Crippen molar-refractivity contribution in [2.75, 3.05) is 19.7 Å². The highest BCUT2D eigenvalue weighted by Gasteiger charge is 2.15. The molecule has 0 saturated carbocycles. The molecule has 0 fully saturated rings. The van der Waals surface area contributed by atoms with Crippen molar-refractivity contribution in [3.63, 3.8) is 0 Å². The third-order valence-corrected chi connectivity index (χ3v) is 6.19. The van der Waals surface area contributed by atoms with E-state index in [1.165, 1.54) is 11.1 Å². The lowest BCUT2D eigenvalue weighted by molar-refractivity contribution is 0.221. The third kappa shape index (κ3) is 3.55. The van der Waals surface area contributed by atoms with Crippen LogP contribution in [0.3, 0.4) is 0 Å². The predicted molar refractivity (Wildman–Crippen MR) is 113 cm³/mol. The monoisotopic (exact) mass is 390 g/mol. The standard InChI is InChI=1S/C23H22N2O2S/c1-2-6-19-16-25(12-9-17(19)5-1)11-4-13-26-20-8-3-7-18(15-20)22-23-21(27-24-22)10-14-28-23/h1-3,5-8,10,14-15H,4,9,11-13,16H2. The first-order valence-corrected chi connectivity index (χ1v) is 10.6. The summed E-state index contributed by atoms with van der Waals surface area (Å²) < 4.78 is 12.5. The summed E-state index contributed by atoms with van der Waals surface area (Å²) in [7, 11) is 0. The van der Waals surface area contributed by atoms with E-state index in [0.29, 0.717) is 0 Å². The van der Waals surface area contributed by atoms with E-state index in [4.69, 9.17) is 9.26 Å². The van der Waals surface area contributed by atoms with Crippen LogP contribution >= 0.6 is 11.3 Å². The van der Waals surface area contributed by atoms with Crippen molar-refractivity contribution < 1.29 is 9.26 Å². The molecule has 0 radical (unpaired) electrons. The van der Waals surface area contributed by atoms with Gasteiger partial charge in [0.1, 0.15) is 16.1 Å². The van der Waals surface area contributed by atoms with E-state index < -0.39 is 0 Å². The Morgan fingerprint density at radius 3 is 2.96 bits per heavy atom. The van der Waals surface area contributed by atoms with Gasteiger partial charge < -0.3 is 9.26 Å². The lowest BCUT2D eigenvalue weighted by Gasteiger charge is -2.28. The molecule has 5 heteroatoms. The molecule has 1 aliphatic heterocycles. The molecule has 2 aromatic heterocycles. The lowest BCUT2D eigenvalue weighted by atomic mass is 10.00. The van der Waals surface area contributed by atoms with Crippen molar-refractivity contribution in [3.8, 4) is 17.0 Å². The fraction of sp³-hybridized carbons (Fsp3) is 0.261. The maximum Gasteiger partial charge on any atom is 0.178 e. The summed E-state index contributed by atoms with van der Waals surface area (Å²) in [5.41, 5.74) is 5.73. The Bertz CT molecular complexity index is 1080. The van der Waals surface area contributed by atoms with Crippen molar-refractivity contribution >= 4 is 21.6 Å². The van der Waals surface area contributed by atoms with E-state index in [0.717, 1.165) is 66.4 Å². The van der Waals surface area contributed by atoms with Crippen LogP contribution in [0.4, 0.5) is 0 Å². The van der Waals surface area contributed by atoms with E-state index in [2.05, 4.69) is 40.4 Å². The summed E-state index contributed by atoms with van der Waals surface area (Å²) in [6.07, 6.45) is 2.17. The second-order valence-electron chi connectivity index (χ2n) is 7.17. The third-order valence-electron chi connectivity index (χ3n) is 5.28. The van der Waals surface area contributed by atoms with E-state index in [9.17, 15) is 0 Å². The Labute approximate surface area is 168 Å². The minimum Gasteiger partial charge on any atom is -0.494 e. The molecule has 0 spiro atoms. The van der Waals surface area contributed by atoms with Crippen LogP contribution in [-0.4, -0.2) is 29.8 Å². The first-order valence-electron chi connectivity index (χ1n) is 9.72. The Kier molecular flexibility index (Phi) is 4.85. The molecule has 4 nitrogen and oxygen atoms in total. The van der Waals surface area contributed by atoms with Crippen LogP contribution in [0.5, 0.6) is 5.75 Å². The van der Waals surface area contributed by atoms with Gasteiger partial charge in [0.15, 0.2) is 5.58 Å². The molecular formula is C23H22N2O2S. The number of hydrogen-bond acceptors (Lipinski definition) is 5. The van der Waals surface area contributed by atoms with Gasteiger partial charge in [0.2, 0.25) is 0 Å². The lowest BCUT2D eigenvalue weighted by Crippen LogP contribution is -2.31. The molecule has 4 aromatic rings. The van der Waals surface area contributed by atoms with Gasteiger partial charge in [-0.15, -0.1) is 11.3 Å². The molecule has 28 heavy (non-hydrogen) atoms. The summed E-state index contributed by atoms with van der Waals surface area (Å²) >= 11 is 1.65. The summed E-state index contributed by atoms with van der Waals surface area (Å²) in [4.78, 5) is 2.52. The molecular weight excluding hydrogens is 368 g/mol. The second-order valence-corrected chi connectivity index (χ2v) is 8.09. The topological polar surface area (TPSA) is 38.5 Å². The van der Waals surface area contributed by atoms with Crippen LogP contribution in [0.2, 0.25) is 0 Å². The summed E-state index contributed by atoms with van der Waals surface area (Å²) in [5.74, 6) is 0.884. The van der Waals surface area contributed by atoms with Gasteiger partial charge >= 0.3 is 0 Å². The van der Waals surface area contributed by atoms with Crippen LogP contribution in [0.1, 0.15) is 17.5 Å². The summed E-state index contributed by atoms with van der Waals surface area (Å²) in [5, 5.41) is 6.24. The number of rotatable bonds is 6. The molecule has 3 heterocycles. The highest BCUT2D eigenvalue weighted by atomic mass is 32.1. The van der Waals surface area contributed by atoms with Crippen LogP contribution in [-0.2, 0) is 13.0 Å². The van der Waals surface area contributed by atoms with Crippen molar-refractivity contribution in [1.29, 1.82) is 0 Å². The highest BCUT2D eigenvalue weighted by Crippen LogP contribution is 2.33. The molecule has 0 amide bonds. The van der Waals surface area contributed by atoms with Gasteiger partial charge in [-0.05, 0) is 47.5 Å². The Balaban J connectivity index is 1.16. The number of hydrogen-bond donors (Lipinski definition) is 0.